The SMILES string of the molecule is c1ccc(-c2cc(-c3ccccc3)nc(-c3ccc(-n4c5ccccc5c5ccc6c7ccccc7n(-c7nc(-c8ccccc8)nc(-c8ccccc8)n7)c6c54)cc3)c2)cc1. The molecule has 0 aliphatic rings. The Morgan fingerprint density at radius 1 is 0.274 bits per heavy atom. The number of aromatic nitrogens is 6. The van der Waals surface area contributed by atoms with Crippen molar-refractivity contribution in [2.75, 3.05) is 0 Å². The van der Waals surface area contributed by atoms with E-state index in [1.54, 1.807) is 0 Å². The number of hydrogen-bond donors (Lipinski definition) is 0. The van der Waals surface area contributed by atoms with Crippen molar-refractivity contribution >= 4 is 43.6 Å². The number of hydrogen-bond acceptors (Lipinski definition) is 4. The van der Waals surface area contributed by atoms with Crippen LogP contribution in [0.1, 0.15) is 0 Å². The fraction of sp³-hybridized carbons (Fsp3) is 0. The van der Waals surface area contributed by atoms with Gasteiger partial charge in [-0.25, -0.2) is 9.97 Å². The molecule has 0 N–H and O–H groups in total. The van der Waals surface area contributed by atoms with Gasteiger partial charge in [-0.3, -0.25) is 4.57 Å². The Labute approximate surface area is 357 Å². The second-order valence-electron chi connectivity index (χ2n) is 15.5. The number of nitrogens with zero attached hydrogens (tertiary/aromatic N) is 6. The average molecular weight is 793 g/mol. The third kappa shape index (κ3) is 5.96. The van der Waals surface area contributed by atoms with E-state index in [0.29, 0.717) is 17.6 Å². The van der Waals surface area contributed by atoms with E-state index < -0.39 is 0 Å². The third-order valence-corrected chi connectivity index (χ3v) is 11.8. The van der Waals surface area contributed by atoms with Crippen LogP contribution in [0, 0.1) is 0 Å². The van der Waals surface area contributed by atoms with E-state index in [-0.39, 0.29) is 0 Å². The van der Waals surface area contributed by atoms with Crippen molar-refractivity contribution < 1.29 is 0 Å². The first-order chi connectivity index (χ1) is 30.7. The lowest BCUT2D eigenvalue weighted by molar-refractivity contribution is 0.953. The third-order valence-electron chi connectivity index (χ3n) is 11.8. The van der Waals surface area contributed by atoms with E-state index in [4.69, 9.17) is 19.9 Å². The number of fused-ring (bicyclic) bond motifs is 7. The number of rotatable bonds is 7. The number of benzene rings is 8. The van der Waals surface area contributed by atoms with Crippen LogP contribution in [0.25, 0.3) is 112 Å². The van der Waals surface area contributed by atoms with Crippen LogP contribution < -0.4 is 0 Å². The van der Waals surface area contributed by atoms with Crippen LogP contribution in [-0.4, -0.2) is 29.1 Å². The van der Waals surface area contributed by atoms with Crippen molar-refractivity contribution in [3.05, 3.63) is 218 Å². The molecule has 4 aromatic heterocycles. The van der Waals surface area contributed by atoms with E-state index in [0.717, 1.165) is 88.7 Å². The quantitative estimate of drug-likeness (QED) is 0.161. The first-order valence-electron chi connectivity index (χ1n) is 20.8. The van der Waals surface area contributed by atoms with E-state index in [2.05, 4.69) is 185 Å². The van der Waals surface area contributed by atoms with Crippen LogP contribution in [0.2, 0.25) is 0 Å². The highest BCUT2D eigenvalue weighted by atomic mass is 15.2. The van der Waals surface area contributed by atoms with E-state index in [9.17, 15) is 0 Å². The lowest BCUT2D eigenvalue weighted by atomic mass is 10.00. The highest BCUT2D eigenvalue weighted by Crippen LogP contribution is 2.42. The van der Waals surface area contributed by atoms with Gasteiger partial charge in [0, 0.05) is 49.5 Å². The van der Waals surface area contributed by atoms with Crippen LogP contribution in [0.3, 0.4) is 0 Å². The summed E-state index contributed by atoms with van der Waals surface area (Å²) in [5.41, 5.74) is 13.4. The summed E-state index contributed by atoms with van der Waals surface area (Å²) >= 11 is 0. The molecule has 4 heterocycles. The molecule has 0 aliphatic heterocycles. The Morgan fingerprint density at radius 2 is 0.694 bits per heavy atom. The molecule has 0 unspecified atom stereocenters. The van der Waals surface area contributed by atoms with Gasteiger partial charge in [-0.15, -0.1) is 0 Å². The van der Waals surface area contributed by atoms with Gasteiger partial charge in [0.1, 0.15) is 0 Å². The second-order valence-corrected chi connectivity index (χ2v) is 15.5. The lowest BCUT2D eigenvalue weighted by Crippen LogP contribution is -2.07. The molecule has 0 saturated heterocycles. The van der Waals surface area contributed by atoms with Gasteiger partial charge in [-0.1, -0.05) is 182 Å². The van der Waals surface area contributed by atoms with Gasteiger partial charge in [0.25, 0.3) is 0 Å². The zero-order chi connectivity index (χ0) is 41.0. The second kappa shape index (κ2) is 14.7. The van der Waals surface area contributed by atoms with E-state index >= 15 is 0 Å². The smallest absolute Gasteiger partial charge is 0.238 e. The summed E-state index contributed by atoms with van der Waals surface area (Å²) in [6.45, 7) is 0. The van der Waals surface area contributed by atoms with Crippen LogP contribution in [0.5, 0.6) is 0 Å². The Hall–Kier alpha value is -8.48. The fourth-order valence-electron chi connectivity index (χ4n) is 8.89. The summed E-state index contributed by atoms with van der Waals surface area (Å²) in [4.78, 5) is 20.8. The maximum absolute atomic E-state index is 5.26. The van der Waals surface area contributed by atoms with Crippen LogP contribution >= 0.6 is 0 Å². The minimum absolute atomic E-state index is 0.558. The molecule has 62 heavy (non-hydrogen) atoms. The normalized spacial score (nSPS) is 11.5. The summed E-state index contributed by atoms with van der Waals surface area (Å²) in [7, 11) is 0. The highest BCUT2D eigenvalue weighted by molar-refractivity contribution is 6.23. The Balaban J connectivity index is 1.10. The molecule has 6 heteroatoms. The van der Waals surface area contributed by atoms with Crippen LogP contribution in [0.15, 0.2) is 218 Å². The molecule has 0 atom stereocenters. The van der Waals surface area contributed by atoms with Crippen molar-refractivity contribution in [3.63, 3.8) is 0 Å². The molecule has 12 aromatic rings. The summed E-state index contributed by atoms with van der Waals surface area (Å²) in [5, 5.41) is 4.55. The summed E-state index contributed by atoms with van der Waals surface area (Å²) in [6, 6.07) is 76.2. The van der Waals surface area contributed by atoms with Gasteiger partial charge in [0.15, 0.2) is 11.6 Å². The molecule has 0 saturated carbocycles. The fourth-order valence-corrected chi connectivity index (χ4v) is 8.89. The molecule has 0 aliphatic carbocycles. The lowest BCUT2D eigenvalue weighted by Gasteiger charge is -2.14. The molecule has 8 aromatic carbocycles. The average Bonchev–Trinajstić information content (AvgIpc) is 3.88. The zero-order valence-electron chi connectivity index (χ0n) is 33.5. The molecule has 0 bridgehead atoms. The van der Waals surface area contributed by atoms with Crippen LogP contribution in [-0.2, 0) is 0 Å². The monoisotopic (exact) mass is 792 g/mol. The summed E-state index contributed by atoms with van der Waals surface area (Å²) in [5.74, 6) is 1.79. The molecular weight excluding hydrogens is 757 g/mol. The van der Waals surface area contributed by atoms with Crippen molar-refractivity contribution in [1.82, 2.24) is 29.1 Å². The molecular formula is C56H36N6. The van der Waals surface area contributed by atoms with E-state index in [1.807, 2.05) is 42.5 Å². The highest BCUT2D eigenvalue weighted by Gasteiger charge is 2.23. The topological polar surface area (TPSA) is 61.4 Å². The largest absolute Gasteiger partial charge is 0.307 e. The predicted octanol–water partition coefficient (Wildman–Crippen LogP) is 13.8. The van der Waals surface area contributed by atoms with Gasteiger partial charge >= 0.3 is 0 Å². The zero-order valence-corrected chi connectivity index (χ0v) is 33.5. The van der Waals surface area contributed by atoms with Crippen molar-refractivity contribution in [2.45, 2.75) is 0 Å². The molecule has 0 radical (unpaired) electrons. The van der Waals surface area contributed by atoms with Gasteiger partial charge in [-0.05, 0) is 47.5 Å². The van der Waals surface area contributed by atoms with Gasteiger partial charge in [-0.2, -0.15) is 9.97 Å². The number of para-hydroxylation sites is 2. The maximum Gasteiger partial charge on any atom is 0.238 e. The summed E-state index contributed by atoms with van der Waals surface area (Å²) in [6.07, 6.45) is 0. The van der Waals surface area contributed by atoms with E-state index in [1.165, 1.54) is 5.39 Å². The first kappa shape index (κ1) is 35.5. The molecule has 6 nitrogen and oxygen atoms in total. The molecule has 290 valence electrons. The minimum Gasteiger partial charge on any atom is -0.307 e. The number of pyridine rings is 1. The first-order valence-corrected chi connectivity index (χ1v) is 20.8. The Kier molecular flexibility index (Phi) is 8.38. The van der Waals surface area contributed by atoms with Gasteiger partial charge in [0.2, 0.25) is 5.95 Å². The van der Waals surface area contributed by atoms with Crippen molar-refractivity contribution in [2.24, 2.45) is 0 Å². The van der Waals surface area contributed by atoms with Crippen LogP contribution in [0.4, 0.5) is 0 Å². The molecule has 0 fully saturated rings. The maximum atomic E-state index is 5.26. The standard InChI is InChI=1S/C56H36N6/c1-5-17-37(18-6-1)42-35-48(38-19-7-2-8-20-38)57-49(36-42)39-29-31-43(32-30-39)61-50-27-15-13-25-44(50)46-33-34-47-45-26-14-16-28-51(45)62(53(47)52(46)61)56-59-54(40-21-9-3-10-22-40)58-55(60-56)41-23-11-4-12-24-41/h1-36H. The Bertz CT molecular complexity index is 3480. The van der Waals surface area contributed by atoms with Gasteiger partial charge < -0.3 is 4.57 Å². The van der Waals surface area contributed by atoms with Gasteiger partial charge in [0.05, 0.1) is 33.5 Å². The molecule has 0 spiro atoms. The summed E-state index contributed by atoms with van der Waals surface area (Å²) < 4.78 is 4.63. The predicted molar refractivity (Wildman–Crippen MR) is 253 cm³/mol. The minimum atomic E-state index is 0.558. The Morgan fingerprint density at radius 3 is 1.23 bits per heavy atom. The van der Waals surface area contributed by atoms with Crippen molar-refractivity contribution in [1.29, 1.82) is 0 Å². The van der Waals surface area contributed by atoms with Crippen molar-refractivity contribution in [3.8, 4) is 68.1 Å². The molecule has 0 amide bonds. The molecule has 12 rings (SSSR count).